The Labute approximate surface area is 148 Å². The highest BCUT2D eigenvalue weighted by atomic mass is 31.2. The van der Waals surface area contributed by atoms with Crippen LogP contribution in [0.5, 0.6) is 0 Å². The monoisotopic (exact) mass is 348 g/mol. The molecule has 3 heteroatoms. The molecular weight excluding hydrogens is 327 g/mol. The maximum atomic E-state index is 14.0. The van der Waals surface area contributed by atoms with Gasteiger partial charge < -0.3 is 4.57 Å². The van der Waals surface area contributed by atoms with Crippen molar-refractivity contribution >= 4 is 23.5 Å². The van der Waals surface area contributed by atoms with Crippen molar-refractivity contribution in [3.63, 3.8) is 0 Å². The van der Waals surface area contributed by atoms with Gasteiger partial charge in [-0.3, -0.25) is 4.79 Å². The van der Waals surface area contributed by atoms with Crippen LogP contribution >= 0.6 is 7.14 Å². The van der Waals surface area contributed by atoms with Crippen LogP contribution in [0.2, 0.25) is 0 Å². The van der Waals surface area contributed by atoms with Crippen LogP contribution in [0.25, 0.3) is 0 Å². The van der Waals surface area contributed by atoms with E-state index < -0.39 is 7.14 Å². The van der Waals surface area contributed by atoms with Gasteiger partial charge in [-0.2, -0.15) is 0 Å². The number of carbonyl (C=O) groups is 1. The number of rotatable bonds is 5. The van der Waals surface area contributed by atoms with Gasteiger partial charge in [0, 0.05) is 16.2 Å². The number of Topliss-reactive ketones (excluding diaryl/α,β-unsaturated/α-hetero) is 1. The molecule has 0 aromatic heterocycles. The number of hydrogen-bond donors (Lipinski definition) is 0. The lowest BCUT2D eigenvalue weighted by Crippen LogP contribution is -2.23. The quantitative estimate of drug-likeness (QED) is 0.502. The molecule has 0 spiro atoms. The minimum Gasteiger partial charge on any atom is -0.313 e. The van der Waals surface area contributed by atoms with E-state index in [-0.39, 0.29) is 11.9 Å². The van der Waals surface area contributed by atoms with Crippen LogP contribution in [-0.2, 0) is 4.57 Å². The van der Waals surface area contributed by atoms with Crippen LogP contribution in [0.15, 0.2) is 78.9 Å². The molecule has 0 radical (unpaired) electrons. The predicted octanol–water partition coefficient (Wildman–Crippen LogP) is 4.50. The van der Waals surface area contributed by atoms with Gasteiger partial charge in [0.1, 0.15) is 0 Å². The van der Waals surface area contributed by atoms with Gasteiger partial charge in [-0.25, -0.2) is 0 Å². The van der Waals surface area contributed by atoms with Crippen molar-refractivity contribution in [2.75, 3.05) is 6.16 Å². The third-order valence-electron chi connectivity index (χ3n) is 4.47. The lowest BCUT2D eigenvalue weighted by molar-refractivity contribution is 0.101. The molecule has 126 valence electrons. The van der Waals surface area contributed by atoms with Gasteiger partial charge in [-0.1, -0.05) is 78.9 Å². The highest BCUT2D eigenvalue weighted by molar-refractivity contribution is 7.79. The Hall–Kier alpha value is -2.44. The summed E-state index contributed by atoms with van der Waals surface area (Å²) in [6, 6.07) is 24.5. The van der Waals surface area contributed by atoms with Crippen molar-refractivity contribution in [2.45, 2.75) is 13.8 Å². The Kier molecular flexibility index (Phi) is 5.01. The van der Waals surface area contributed by atoms with Crippen molar-refractivity contribution in [3.05, 3.63) is 95.6 Å². The third-order valence-corrected chi connectivity index (χ3v) is 7.47. The van der Waals surface area contributed by atoms with Crippen molar-refractivity contribution in [2.24, 2.45) is 0 Å². The molecule has 3 aromatic rings. The van der Waals surface area contributed by atoms with E-state index in [1.54, 1.807) is 0 Å². The third kappa shape index (κ3) is 3.50. The summed E-state index contributed by atoms with van der Waals surface area (Å²) in [6.45, 7) is 3.85. The summed E-state index contributed by atoms with van der Waals surface area (Å²) in [5.74, 6) is -0.0633. The molecule has 0 saturated heterocycles. The van der Waals surface area contributed by atoms with E-state index in [1.165, 1.54) is 0 Å². The van der Waals surface area contributed by atoms with E-state index in [9.17, 15) is 9.36 Å². The standard InChI is InChI=1S/C22H21O2P/c1-17-10-9-11-18(2)22(17)21(23)16-25(24,19-12-5-3-6-13-19)20-14-7-4-8-15-20/h3-15H,16H2,1-2H3. The average molecular weight is 348 g/mol. The molecule has 0 heterocycles. The summed E-state index contributed by atoms with van der Waals surface area (Å²) >= 11 is 0. The van der Waals surface area contributed by atoms with E-state index in [0.29, 0.717) is 5.56 Å². The molecule has 25 heavy (non-hydrogen) atoms. The molecule has 0 aliphatic heterocycles. The molecule has 0 unspecified atom stereocenters. The van der Waals surface area contributed by atoms with Crippen molar-refractivity contribution in [1.29, 1.82) is 0 Å². The second-order valence-corrected chi connectivity index (χ2v) is 9.09. The molecule has 0 bridgehead atoms. The number of aryl methyl sites for hydroxylation is 2. The maximum Gasteiger partial charge on any atom is 0.171 e. The number of hydrogen-bond acceptors (Lipinski definition) is 2. The number of ketones is 1. The first-order chi connectivity index (χ1) is 12.0. The average Bonchev–Trinajstić information content (AvgIpc) is 2.63. The van der Waals surface area contributed by atoms with E-state index >= 15 is 0 Å². The van der Waals surface area contributed by atoms with Crippen LogP contribution in [0, 0.1) is 13.8 Å². The SMILES string of the molecule is Cc1cccc(C)c1C(=O)CP(=O)(c1ccccc1)c1ccccc1. The molecule has 0 aliphatic carbocycles. The lowest BCUT2D eigenvalue weighted by atomic mass is 10.0. The molecule has 3 rings (SSSR count). The Morgan fingerprint density at radius 2 is 1.16 bits per heavy atom. The highest BCUT2D eigenvalue weighted by Gasteiger charge is 2.31. The first kappa shape index (κ1) is 17.4. The zero-order valence-electron chi connectivity index (χ0n) is 14.5. The Morgan fingerprint density at radius 3 is 1.60 bits per heavy atom. The topological polar surface area (TPSA) is 34.1 Å². The van der Waals surface area contributed by atoms with E-state index in [4.69, 9.17) is 0 Å². The predicted molar refractivity (Wildman–Crippen MR) is 105 cm³/mol. The molecule has 0 amide bonds. The number of benzene rings is 3. The first-order valence-electron chi connectivity index (χ1n) is 8.32. The van der Waals surface area contributed by atoms with Gasteiger partial charge in [-0.15, -0.1) is 0 Å². The van der Waals surface area contributed by atoms with Gasteiger partial charge in [0.2, 0.25) is 0 Å². The van der Waals surface area contributed by atoms with Crippen LogP contribution in [0.4, 0.5) is 0 Å². The first-order valence-corrected chi connectivity index (χ1v) is 10.2. The van der Waals surface area contributed by atoms with Gasteiger partial charge in [0.15, 0.2) is 12.9 Å². The summed E-state index contributed by atoms with van der Waals surface area (Å²) in [6.07, 6.45) is 0.00667. The van der Waals surface area contributed by atoms with Gasteiger partial charge >= 0.3 is 0 Å². The van der Waals surface area contributed by atoms with E-state index in [0.717, 1.165) is 21.7 Å². The van der Waals surface area contributed by atoms with Gasteiger partial charge in [0.05, 0.1) is 6.16 Å². The van der Waals surface area contributed by atoms with E-state index in [2.05, 4.69) is 0 Å². The van der Waals surface area contributed by atoms with E-state index in [1.807, 2.05) is 92.7 Å². The second kappa shape index (κ2) is 7.21. The molecule has 2 nitrogen and oxygen atoms in total. The summed E-state index contributed by atoms with van der Waals surface area (Å²) in [7, 11) is -3.03. The summed E-state index contributed by atoms with van der Waals surface area (Å²) in [5, 5.41) is 1.45. The summed E-state index contributed by atoms with van der Waals surface area (Å²) < 4.78 is 14.0. The number of carbonyl (C=O) groups excluding carboxylic acids is 1. The van der Waals surface area contributed by atoms with Crippen LogP contribution in [-0.4, -0.2) is 11.9 Å². The summed E-state index contributed by atoms with van der Waals surface area (Å²) in [5.41, 5.74) is 2.55. The molecule has 0 saturated carbocycles. The Bertz CT molecular complexity index is 867. The zero-order chi connectivity index (χ0) is 17.9. The van der Waals surface area contributed by atoms with Crippen LogP contribution < -0.4 is 10.6 Å². The molecule has 0 N–H and O–H groups in total. The van der Waals surface area contributed by atoms with Crippen molar-refractivity contribution in [1.82, 2.24) is 0 Å². The fourth-order valence-electron chi connectivity index (χ4n) is 3.20. The second-order valence-electron chi connectivity index (χ2n) is 6.26. The van der Waals surface area contributed by atoms with Crippen molar-refractivity contribution in [3.8, 4) is 0 Å². The molecular formula is C22H21O2P. The molecule has 0 fully saturated rings. The minimum absolute atomic E-state index is 0.00667. The fourth-order valence-corrected chi connectivity index (χ4v) is 5.74. The summed E-state index contributed by atoms with van der Waals surface area (Å²) in [4.78, 5) is 13.1. The largest absolute Gasteiger partial charge is 0.313 e. The normalized spacial score (nSPS) is 11.3. The van der Waals surface area contributed by atoms with Gasteiger partial charge in [-0.05, 0) is 25.0 Å². The van der Waals surface area contributed by atoms with Gasteiger partial charge in [0.25, 0.3) is 0 Å². The lowest BCUT2D eigenvalue weighted by Gasteiger charge is -2.20. The smallest absolute Gasteiger partial charge is 0.171 e. The fraction of sp³-hybridized carbons (Fsp3) is 0.136. The maximum absolute atomic E-state index is 14.0. The Morgan fingerprint density at radius 1 is 0.720 bits per heavy atom. The molecule has 3 aromatic carbocycles. The van der Waals surface area contributed by atoms with Crippen molar-refractivity contribution < 1.29 is 9.36 Å². The zero-order valence-corrected chi connectivity index (χ0v) is 15.4. The minimum atomic E-state index is -3.03. The van der Waals surface area contributed by atoms with Crippen LogP contribution in [0.3, 0.4) is 0 Å². The van der Waals surface area contributed by atoms with Crippen LogP contribution in [0.1, 0.15) is 21.5 Å². The Balaban J connectivity index is 2.08. The molecule has 0 atom stereocenters. The molecule has 0 aliphatic rings. The highest BCUT2D eigenvalue weighted by Crippen LogP contribution is 2.44.